The molecule has 0 saturated heterocycles. The van der Waals surface area contributed by atoms with Gasteiger partial charge in [0.25, 0.3) is 0 Å². The summed E-state index contributed by atoms with van der Waals surface area (Å²) in [6, 6.07) is 3.70. The summed E-state index contributed by atoms with van der Waals surface area (Å²) in [5.74, 6) is -0.318. The highest BCUT2D eigenvalue weighted by molar-refractivity contribution is 7.99. The van der Waals surface area contributed by atoms with Crippen LogP contribution in [0.3, 0.4) is 0 Å². The third-order valence-corrected chi connectivity index (χ3v) is 4.76. The van der Waals surface area contributed by atoms with Gasteiger partial charge in [-0.3, -0.25) is 4.79 Å². The van der Waals surface area contributed by atoms with Crippen LogP contribution in [-0.4, -0.2) is 28.9 Å². The molecule has 1 saturated carbocycles. The number of halogens is 1. The molecule has 0 radical (unpaired) electrons. The Bertz CT molecular complexity index is 454. The minimum atomic E-state index is -0.850. The molecule has 1 aliphatic carbocycles. The number of carbonyl (C=O) groups excluding carboxylic acids is 1. The highest BCUT2D eigenvalue weighted by Crippen LogP contribution is 2.37. The first kappa shape index (κ1) is 14.6. The van der Waals surface area contributed by atoms with Crippen molar-refractivity contribution in [3.63, 3.8) is 0 Å². The van der Waals surface area contributed by atoms with E-state index in [4.69, 9.17) is 22.1 Å². The van der Waals surface area contributed by atoms with Gasteiger partial charge in [0.1, 0.15) is 5.54 Å². The third-order valence-electron chi connectivity index (χ3n) is 3.32. The number of carbonyl (C=O) groups is 1. The number of hydrogen-bond donors (Lipinski definition) is 1. The van der Waals surface area contributed by atoms with Crippen LogP contribution in [0.15, 0.2) is 23.4 Å². The van der Waals surface area contributed by atoms with Crippen LogP contribution in [0, 0.1) is 0 Å². The van der Waals surface area contributed by atoms with Gasteiger partial charge in [0.15, 0.2) is 0 Å². The number of nitrogens with zero attached hydrogens (tertiary/aromatic N) is 1. The maximum atomic E-state index is 11.7. The van der Waals surface area contributed by atoms with Crippen molar-refractivity contribution in [3.05, 3.63) is 23.4 Å². The minimum Gasteiger partial charge on any atom is -0.468 e. The average Bonchev–Trinajstić information content (AvgIpc) is 2.40. The third kappa shape index (κ3) is 3.61. The molecule has 0 amide bonds. The van der Waals surface area contributed by atoms with E-state index in [9.17, 15) is 4.79 Å². The van der Waals surface area contributed by atoms with Crippen LogP contribution in [0.25, 0.3) is 0 Å². The monoisotopic (exact) mass is 300 g/mol. The Morgan fingerprint density at radius 2 is 2.42 bits per heavy atom. The van der Waals surface area contributed by atoms with Gasteiger partial charge in [-0.15, -0.1) is 11.8 Å². The Morgan fingerprint density at radius 1 is 1.63 bits per heavy atom. The Morgan fingerprint density at radius 3 is 3.05 bits per heavy atom. The second kappa shape index (κ2) is 6.11. The first-order valence-corrected chi connectivity index (χ1v) is 7.45. The van der Waals surface area contributed by atoms with Gasteiger partial charge in [-0.2, -0.15) is 0 Å². The first-order chi connectivity index (χ1) is 9.03. The standard InChI is InChI=1S/C13H17ClN2O2S/c1-18-12(17)13(15)6-2-3-10(7-13)19-11-5-4-9(14)8-16-11/h4-5,8,10H,2-3,6-7,15H2,1H3. The fourth-order valence-electron chi connectivity index (χ4n) is 2.35. The summed E-state index contributed by atoms with van der Waals surface area (Å²) in [6.45, 7) is 0. The van der Waals surface area contributed by atoms with Gasteiger partial charge < -0.3 is 10.5 Å². The number of ether oxygens (including phenoxy) is 1. The van der Waals surface area contributed by atoms with E-state index in [1.54, 1.807) is 18.0 Å². The second-order valence-electron chi connectivity index (χ2n) is 4.80. The van der Waals surface area contributed by atoms with E-state index in [2.05, 4.69) is 4.98 Å². The van der Waals surface area contributed by atoms with Crippen molar-refractivity contribution in [2.24, 2.45) is 5.73 Å². The van der Waals surface area contributed by atoms with Crippen molar-refractivity contribution in [2.75, 3.05) is 7.11 Å². The van der Waals surface area contributed by atoms with Crippen molar-refractivity contribution >= 4 is 29.3 Å². The normalized spacial score (nSPS) is 27.0. The molecule has 19 heavy (non-hydrogen) atoms. The number of esters is 1. The highest BCUT2D eigenvalue weighted by atomic mass is 35.5. The molecule has 6 heteroatoms. The predicted molar refractivity (Wildman–Crippen MR) is 76.3 cm³/mol. The maximum absolute atomic E-state index is 11.7. The lowest BCUT2D eigenvalue weighted by Gasteiger charge is -2.34. The maximum Gasteiger partial charge on any atom is 0.325 e. The number of hydrogen-bond acceptors (Lipinski definition) is 5. The molecule has 2 unspecified atom stereocenters. The van der Waals surface area contributed by atoms with E-state index >= 15 is 0 Å². The number of methoxy groups -OCH3 is 1. The SMILES string of the molecule is COC(=O)C1(N)CCCC(Sc2ccc(Cl)cn2)C1. The van der Waals surface area contributed by atoms with Crippen molar-refractivity contribution in [3.8, 4) is 0 Å². The molecule has 104 valence electrons. The molecule has 1 heterocycles. The number of pyridine rings is 1. The fraction of sp³-hybridized carbons (Fsp3) is 0.538. The lowest BCUT2D eigenvalue weighted by atomic mass is 9.82. The molecule has 1 aliphatic rings. The van der Waals surface area contributed by atoms with Gasteiger partial charge in [-0.1, -0.05) is 11.6 Å². The molecule has 1 fully saturated rings. The fourth-order valence-corrected chi connectivity index (χ4v) is 3.73. The van der Waals surface area contributed by atoms with Crippen molar-refractivity contribution < 1.29 is 9.53 Å². The molecule has 0 bridgehead atoms. The van der Waals surface area contributed by atoms with Gasteiger partial charge in [0, 0.05) is 11.4 Å². The molecule has 1 aromatic heterocycles. The number of nitrogens with two attached hydrogens (primary N) is 1. The Hall–Kier alpha value is -0.780. The van der Waals surface area contributed by atoms with Crippen molar-refractivity contribution in [1.82, 2.24) is 4.98 Å². The van der Waals surface area contributed by atoms with Gasteiger partial charge in [-0.25, -0.2) is 4.98 Å². The summed E-state index contributed by atoms with van der Waals surface area (Å²) in [6.07, 6.45) is 4.89. The summed E-state index contributed by atoms with van der Waals surface area (Å²) in [7, 11) is 1.38. The van der Waals surface area contributed by atoms with Crippen LogP contribution in [-0.2, 0) is 9.53 Å². The molecule has 1 aromatic rings. The van der Waals surface area contributed by atoms with E-state index in [1.807, 2.05) is 12.1 Å². The van der Waals surface area contributed by atoms with Crippen LogP contribution < -0.4 is 5.73 Å². The van der Waals surface area contributed by atoms with Gasteiger partial charge in [0.05, 0.1) is 17.2 Å². The molecule has 2 N–H and O–H groups in total. The Kier molecular flexibility index (Phi) is 4.71. The predicted octanol–water partition coefficient (Wildman–Crippen LogP) is 2.64. The van der Waals surface area contributed by atoms with Gasteiger partial charge in [-0.05, 0) is 37.8 Å². The lowest BCUT2D eigenvalue weighted by Crippen LogP contribution is -2.52. The van der Waals surface area contributed by atoms with Crippen molar-refractivity contribution in [2.45, 2.75) is 41.5 Å². The van der Waals surface area contributed by atoms with Crippen molar-refractivity contribution in [1.29, 1.82) is 0 Å². The Labute approximate surface area is 122 Å². The molecule has 0 aliphatic heterocycles. The quantitative estimate of drug-likeness (QED) is 0.869. The average molecular weight is 301 g/mol. The first-order valence-electron chi connectivity index (χ1n) is 6.19. The largest absolute Gasteiger partial charge is 0.468 e. The molecular formula is C13H17ClN2O2S. The topological polar surface area (TPSA) is 65.2 Å². The molecular weight excluding hydrogens is 284 g/mol. The van der Waals surface area contributed by atoms with E-state index in [-0.39, 0.29) is 11.2 Å². The van der Waals surface area contributed by atoms with E-state index in [0.717, 1.165) is 17.9 Å². The van der Waals surface area contributed by atoms with Crippen LogP contribution in [0.2, 0.25) is 5.02 Å². The molecule has 4 nitrogen and oxygen atoms in total. The lowest BCUT2D eigenvalue weighted by molar-refractivity contribution is -0.148. The molecule has 2 atom stereocenters. The van der Waals surface area contributed by atoms with Crippen LogP contribution in [0.5, 0.6) is 0 Å². The molecule has 0 spiro atoms. The highest BCUT2D eigenvalue weighted by Gasteiger charge is 2.40. The minimum absolute atomic E-state index is 0.284. The van der Waals surface area contributed by atoms with Gasteiger partial charge >= 0.3 is 5.97 Å². The molecule has 0 aromatic carbocycles. The second-order valence-corrected chi connectivity index (χ2v) is 6.56. The smallest absolute Gasteiger partial charge is 0.325 e. The zero-order valence-corrected chi connectivity index (χ0v) is 12.3. The number of thioether (sulfide) groups is 1. The zero-order chi connectivity index (χ0) is 13.9. The summed E-state index contributed by atoms with van der Waals surface area (Å²) in [4.78, 5) is 16.0. The van der Waals surface area contributed by atoms with Crippen LogP contribution in [0.1, 0.15) is 25.7 Å². The zero-order valence-electron chi connectivity index (χ0n) is 10.8. The summed E-state index contributed by atoms with van der Waals surface area (Å²) in [5.41, 5.74) is 5.30. The van der Waals surface area contributed by atoms with Crippen LogP contribution in [0.4, 0.5) is 0 Å². The van der Waals surface area contributed by atoms with E-state index < -0.39 is 5.54 Å². The van der Waals surface area contributed by atoms with Gasteiger partial charge in [0.2, 0.25) is 0 Å². The number of aromatic nitrogens is 1. The summed E-state index contributed by atoms with van der Waals surface area (Å²) >= 11 is 7.45. The van der Waals surface area contributed by atoms with E-state index in [0.29, 0.717) is 17.9 Å². The summed E-state index contributed by atoms with van der Waals surface area (Å²) in [5, 5.41) is 1.81. The summed E-state index contributed by atoms with van der Waals surface area (Å²) < 4.78 is 4.80. The van der Waals surface area contributed by atoms with Crippen LogP contribution >= 0.6 is 23.4 Å². The van der Waals surface area contributed by atoms with E-state index in [1.165, 1.54) is 7.11 Å². The Balaban J connectivity index is 2.01. The molecule has 2 rings (SSSR count). The number of rotatable bonds is 3.